The van der Waals surface area contributed by atoms with Gasteiger partial charge in [-0.25, -0.2) is 0 Å². The highest BCUT2D eigenvalue weighted by atomic mass is 16.5. The van der Waals surface area contributed by atoms with Gasteiger partial charge in [0.25, 0.3) is 0 Å². The minimum Gasteiger partial charge on any atom is -0.368 e. The molecule has 0 saturated carbocycles. The fourth-order valence-electron chi connectivity index (χ4n) is 2.11. The zero-order valence-electron chi connectivity index (χ0n) is 11.9. The number of piperidine rings is 1. The first kappa shape index (κ1) is 15.2. The van der Waals surface area contributed by atoms with Gasteiger partial charge in [-0.3, -0.25) is 4.79 Å². The first-order valence-corrected chi connectivity index (χ1v) is 6.69. The summed E-state index contributed by atoms with van der Waals surface area (Å²) in [5, 5.41) is 3.28. The molecule has 1 saturated heterocycles. The van der Waals surface area contributed by atoms with E-state index >= 15 is 0 Å². The quantitative estimate of drug-likeness (QED) is 0.757. The number of carbonyl (C=O) groups excluding carboxylic acids is 1. The number of carbonyl (C=O) groups is 1. The third kappa shape index (κ3) is 4.78. The third-order valence-electron chi connectivity index (χ3n) is 3.15. The maximum atomic E-state index is 12.2. The molecule has 0 aromatic rings. The molecular weight excluding hydrogens is 228 g/mol. The van der Waals surface area contributed by atoms with Crippen LogP contribution < -0.4 is 5.32 Å². The van der Waals surface area contributed by atoms with Crippen LogP contribution in [-0.2, 0) is 9.53 Å². The molecular formula is C14H26N2O2. The minimum atomic E-state index is -0.192. The van der Waals surface area contributed by atoms with Gasteiger partial charge in [-0.05, 0) is 46.7 Å². The zero-order valence-corrected chi connectivity index (χ0v) is 11.9. The van der Waals surface area contributed by atoms with Gasteiger partial charge in [0.05, 0.1) is 6.10 Å². The Bertz CT molecular complexity index is 278. The van der Waals surface area contributed by atoms with Crippen LogP contribution in [0.15, 0.2) is 12.7 Å². The summed E-state index contributed by atoms with van der Waals surface area (Å²) in [6.45, 7) is 12.5. The fraction of sp³-hybridized carbons (Fsp3) is 0.786. The second-order valence-corrected chi connectivity index (χ2v) is 5.72. The second kappa shape index (κ2) is 6.90. The van der Waals surface area contributed by atoms with Crippen molar-refractivity contribution in [3.63, 3.8) is 0 Å². The standard InChI is InChI=1S/C14H26N2O2/c1-5-10-16(14(2,3)4)13(17)11-18-12-6-8-15-9-7-12/h5,12,15H,1,6-11H2,2-4H3. The molecule has 1 aliphatic heterocycles. The number of nitrogens with one attached hydrogen (secondary N) is 1. The van der Waals surface area contributed by atoms with Crippen LogP contribution in [0.3, 0.4) is 0 Å². The Balaban J connectivity index is 2.43. The van der Waals surface area contributed by atoms with Crippen LogP contribution in [0.2, 0.25) is 0 Å². The van der Waals surface area contributed by atoms with Crippen LogP contribution in [-0.4, -0.2) is 48.7 Å². The van der Waals surface area contributed by atoms with Crippen molar-refractivity contribution < 1.29 is 9.53 Å². The van der Waals surface area contributed by atoms with Crippen LogP contribution in [0.4, 0.5) is 0 Å². The summed E-state index contributed by atoms with van der Waals surface area (Å²) in [5.41, 5.74) is -0.192. The third-order valence-corrected chi connectivity index (χ3v) is 3.15. The van der Waals surface area contributed by atoms with Crippen LogP contribution in [0.5, 0.6) is 0 Å². The molecule has 1 heterocycles. The summed E-state index contributed by atoms with van der Waals surface area (Å²) in [6, 6.07) is 0. The molecule has 104 valence electrons. The van der Waals surface area contributed by atoms with E-state index < -0.39 is 0 Å². The normalized spacial score (nSPS) is 17.5. The molecule has 18 heavy (non-hydrogen) atoms. The predicted octanol–water partition coefficient (Wildman–Crippen LogP) is 1.57. The van der Waals surface area contributed by atoms with E-state index in [-0.39, 0.29) is 24.2 Å². The summed E-state index contributed by atoms with van der Waals surface area (Å²) in [5.74, 6) is 0.0425. The summed E-state index contributed by atoms with van der Waals surface area (Å²) in [6.07, 6.45) is 3.96. The van der Waals surface area contributed by atoms with Crippen molar-refractivity contribution in [3.05, 3.63) is 12.7 Å². The zero-order chi connectivity index (χ0) is 13.6. The van der Waals surface area contributed by atoms with Gasteiger partial charge in [0.1, 0.15) is 6.61 Å². The van der Waals surface area contributed by atoms with Gasteiger partial charge in [-0.15, -0.1) is 6.58 Å². The highest BCUT2D eigenvalue weighted by Crippen LogP contribution is 2.14. The average molecular weight is 254 g/mol. The van der Waals surface area contributed by atoms with Crippen molar-refractivity contribution in [2.75, 3.05) is 26.2 Å². The smallest absolute Gasteiger partial charge is 0.249 e. The molecule has 4 nitrogen and oxygen atoms in total. The fourth-order valence-corrected chi connectivity index (χ4v) is 2.11. The minimum absolute atomic E-state index is 0.0425. The van der Waals surface area contributed by atoms with Gasteiger partial charge in [0.2, 0.25) is 5.91 Å². The maximum absolute atomic E-state index is 12.2. The molecule has 0 spiro atoms. The van der Waals surface area contributed by atoms with Crippen LogP contribution in [0, 0.1) is 0 Å². The monoisotopic (exact) mass is 254 g/mol. The van der Waals surface area contributed by atoms with Gasteiger partial charge in [0, 0.05) is 12.1 Å². The Kier molecular flexibility index (Phi) is 5.82. The van der Waals surface area contributed by atoms with E-state index in [1.54, 1.807) is 11.0 Å². The van der Waals surface area contributed by atoms with Crippen molar-refractivity contribution >= 4 is 5.91 Å². The summed E-state index contributed by atoms with van der Waals surface area (Å²) in [4.78, 5) is 14.0. The first-order chi connectivity index (χ1) is 8.45. The van der Waals surface area contributed by atoms with E-state index in [1.807, 2.05) is 20.8 Å². The van der Waals surface area contributed by atoms with E-state index in [0.29, 0.717) is 6.54 Å². The molecule has 1 N–H and O–H groups in total. The van der Waals surface area contributed by atoms with Gasteiger partial charge < -0.3 is 15.0 Å². The molecule has 1 aliphatic rings. The van der Waals surface area contributed by atoms with Gasteiger partial charge in [0.15, 0.2) is 0 Å². The van der Waals surface area contributed by atoms with Crippen LogP contribution >= 0.6 is 0 Å². The molecule has 0 radical (unpaired) electrons. The lowest BCUT2D eigenvalue weighted by molar-refractivity contribution is -0.142. The van der Waals surface area contributed by atoms with Crippen molar-refractivity contribution in [3.8, 4) is 0 Å². The highest BCUT2D eigenvalue weighted by molar-refractivity contribution is 5.78. The number of rotatable bonds is 5. The van der Waals surface area contributed by atoms with E-state index in [4.69, 9.17) is 4.74 Å². The summed E-state index contributed by atoms with van der Waals surface area (Å²) in [7, 11) is 0. The van der Waals surface area contributed by atoms with E-state index in [0.717, 1.165) is 25.9 Å². The predicted molar refractivity (Wildman–Crippen MR) is 73.5 cm³/mol. The Hall–Kier alpha value is -0.870. The first-order valence-electron chi connectivity index (χ1n) is 6.69. The number of hydrogen-bond acceptors (Lipinski definition) is 3. The maximum Gasteiger partial charge on any atom is 0.249 e. The second-order valence-electron chi connectivity index (χ2n) is 5.72. The van der Waals surface area contributed by atoms with Crippen molar-refractivity contribution in [1.29, 1.82) is 0 Å². The van der Waals surface area contributed by atoms with Crippen molar-refractivity contribution in [2.45, 2.75) is 45.3 Å². The molecule has 1 fully saturated rings. The number of hydrogen-bond donors (Lipinski definition) is 1. The molecule has 0 aromatic carbocycles. The lowest BCUT2D eigenvalue weighted by atomic mass is 10.1. The number of amides is 1. The lowest BCUT2D eigenvalue weighted by Crippen LogP contribution is -2.48. The molecule has 0 bridgehead atoms. The SMILES string of the molecule is C=CCN(C(=O)COC1CCNCC1)C(C)(C)C. The van der Waals surface area contributed by atoms with Crippen LogP contribution in [0.1, 0.15) is 33.6 Å². The Morgan fingerprint density at radius 2 is 2.06 bits per heavy atom. The number of ether oxygens (including phenoxy) is 1. The summed E-state index contributed by atoms with van der Waals surface area (Å²) < 4.78 is 5.70. The van der Waals surface area contributed by atoms with Crippen LogP contribution in [0.25, 0.3) is 0 Å². The Morgan fingerprint density at radius 3 is 2.56 bits per heavy atom. The van der Waals surface area contributed by atoms with Gasteiger partial charge in [-0.2, -0.15) is 0 Å². The van der Waals surface area contributed by atoms with Gasteiger partial charge in [-0.1, -0.05) is 6.08 Å². The van der Waals surface area contributed by atoms with Gasteiger partial charge >= 0.3 is 0 Å². The van der Waals surface area contributed by atoms with Crippen molar-refractivity contribution in [2.24, 2.45) is 0 Å². The van der Waals surface area contributed by atoms with Crippen molar-refractivity contribution in [1.82, 2.24) is 10.2 Å². The molecule has 4 heteroatoms. The molecule has 0 aromatic heterocycles. The molecule has 0 aliphatic carbocycles. The number of nitrogens with zero attached hydrogens (tertiary/aromatic N) is 1. The Labute approximate surface area is 110 Å². The topological polar surface area (TPSA) is 41.6 Å². The highest BCUT2D eigenvalue weighted by Gasteiger charge is 2.26. The Morgan fingerprint density at radius 1 is 1.44 bits per heavy atom. The largest absolute Gasteiger partial charge is 0.368 e. The van der Waals surface area contributed by atoms with E-state index in [1.165, 1.54) is 0 Å². The lowest BCUT2D eigenvalue weighted by Gasteiger charge is -2.35. The summed E-state index contributed by atoms with van der Waals surface area (Å²) >= 11 is 0. The molecule has 0 unspecified atom stereocenters. The molecule has 1 amide bonds. The molecule has 1 rings (SSSR count). The molecule has 0 atom stereocenters. The van der Waals surface area contributed by atoms with E-state index in [2.05, 4.69) is 11.9 Å². The average Bonchev–Trinajstić information content (AvgIpc) is 2.33. The van der Waals surface area contributed by atoms with E-state index in [9.17, 15) is 4.79 Å².